The number of nitrogens with zero attached hydrogens (tertiary/aromatic N) is 3. The number of aromatic nitrogens is 2. The van der Waals surface area contributed by atoms with Crippen molar-refractivity contribution in [2.24, 2.45) is 0 Å². The van der Waals surface area contributed by atoms with Crippen LogP contribution in [0.25, 0.3) is 0 Å². The molecule has 26 heavy (non-hydrogen) atoms. The van der Waals surface area contributed by atoms with Gasteiger partial charge >= 0.3 is 0 Å². The topological polar surface area (TPSA) is 69.3 Å². The Labute approximate surface area is 154 Å². The van der Waals surface area contributed by atoms with Gasteiger partial charge in [0, 0.05) is 39.6 Å². The Bertz CT molecular complexity index is 923. The summed E-state index contributed by atoms with van der Waals surface area (Å²) in [5.41, 5.74) is 1.96. The van der Waals surface area contributed by atoms with Crippen LogP contribution in [-0.4, -0.2) is 36.8 Å². The summed E-state index contributed by atoms with van der Waals surface area (Å²) in [5.74, 6) is 0.768. The van der Waals surface area contributed by atoms with Crippen molar-refractivity contribution in [1.29, 1.82) is 0 Å². The summed E-state index contributed by atoms with van der Waals surface area (Å²) in [6, 6.07) is 16.5. The first-order valence-electron chi connectivity index (χ1n) is 8.26. The fraction of sp³-hybridized carbons (Fsp3) is 0.211. The van der Waals surface area contributed by atoms with Crippen LogP contribution in [0.2, 0.25) is 0 Å². The molecule has 0 fully saturated rings. The van der Waals surface area contributed by atoms with Gasteiger partial charge in [-0.3, -0.25) is 0 Å². The van der Waals surface area contributed by atoms with Crippen LogP contribution in [0.5, 0.6) is 0 Å². The maximum atomic E-state index is 12.8. The third kappa shape index (κ3) is 4.12. The molecule has 7 heteroatoms. The standard InChI is InChI=1S/C19H22N4O2S/c1-22(19-20-12-13-21-19)14-17-8-10-18(11-9-17)26(24,25)23(2)15-16-6-4-3-5-7-16/h3-13H,14-15H2,1-2H3,(H,20,21). The summed E-state index contributed by atoms with van der Waals surface area (Å²) in [7, 11) is 0.00144. The van der Waals surface area contributed by atoms with Crippen molar-refractivity contribution in [3.8, 4) is 0 Å². The van der Waals surface area contributed by atoms with Crippen LogP contribution in [-0.2, 0) is 23.1 Å². The van der Waals surface area contributed by atoms with Crippen molar-refractivity contribution >= 4 is 16.0 Å². The van der Waals surface area contributed by atoms with E-state index >= 15 is 0 Å². The van der Waals surface area contributed by atoms with Gasteiger partial charge in [-0.1, -0.05) is 42.5 Å². The van der Waals surface area contributed by atoms with Crippen molar-refractivity contribution in [3.05, 3.63) is 78.1 Å². The largest absolute Gasteiger partial charge is 0.341 e. The second-order valence-electron chi connectivity index (χ2n) is 6.16. The van der Waals surface area contributed by atoms with Gasteiger partial charge in [0.15, 0.2) is 0 Å². The number of hydrogen-bond donors (Lipinski definition) is 1. The molecule has 0 aliphatic rings. The molecule has 1 aromatic heterocycles. The van der Waals surface area contributed by atoms with Crippen molar-refractivity contribution in [2.45, 2.75) is 18.0 Å². The van der Waals surface area contributed by atoms with Gasteiger partial charge in [-0.15, -0.1) is 0 Å². The van der Waals surface area contributed by atoms with Crippen molar-refractivity contribution in [3.63, 3.8) is 0 Å². The lowest BCUT2D eigenvalue weighted by atomic mass is 10.2. The second kappa shape index (κ2) is 7.72. The van der Waals surface area contributed by atoms with E-state index in [2.05, 4.69) is 9.97 Å². The van der Waals surface area contributed by atoms with Crippen LogP contribution >= 0.6 is 0 Å². The molecule has 3 aromatic rings. The Morgan fingerprint density at radius 2 is 1.58 bits per heavy atom. The Hall–Kier alpha value is -2.64. The third-order valence-corrected chi connectivity index (χ3v) is 5.96. The molecule has 2 aromatic carbocycles. The predicted molar refractivity (Wildman–Crippen MR) is 102 cm³/mol. The van der Waals surface area contributed by atoms with E-state index in [9.17, 15) is 8.42 Å². The average molecular weight is 370 g/mol. The molecular weight excluding hydrogens is 348 g/mol. The Morgan fingerprint density at radius 1 is 0.923 bits per heavy atom. The van der Waals surface area contributed by atoms with Crippen LogP contribution in [0.1, 0.15) is 11.1 Å². The number of anilines is 1. The lowest BCUT2D eigenvalue weighted by molar-refractivity contribution is 0.466. The molecule has 0 saturated heterocycles. The van der Waals surface area contributed by atoms with Gasteiger partial charge in [-0.2, -0.15) is 4.31 Å². The predicted octanol–water partition coefficient (Wildman–Crippen LogP) is 2.87. The Balaban J connectivity index is 1.70. The first-order valence-corrected chi connectivity index (χ1v) is 9.70. The first-order chi connectivity index (χ1) is 12.5. The highest BCUT2D eigenvalue weighted by molar-refractivity contribution is 7.89. The highest BCUT2D eigenvalue weighted by atomic mass is 32.2. The van der Waals surface area contributed by atoms with Crippen molar-refractivity contribution in [1.82, 2.24) is 14.3 Å². The molecule has 1 heterocycles. The van der Waals surface area contributed by atoms with Crippen LogP contribution in [0, 0.1) is 0 Å². The molecule has 0 atom stereocenters. The molecule has 0 amide bonds. The molecule has 0 spiro atoms. The first kappa shape index (κ1) is 18.2. The minimum absolute atomic E-state index is 0.292. The van der Waals surface area contributed by atoms with Crippen LogP contribution in [0.4, 0.5) is 5.95 Å². The summed E-state index contributed by atoms with van der Waals surface area (Å²) in [6.07, 6.45) is 3.47. The summed E-state index contributed by atoms with van der Waals surface area (Å²) < 4.78 is 26.9. The van der Waals surface area contributed by atoms with Gasteiger partial charge in [-0.05, 0) is 23.3 Å². The molecule has 0 radical (unpaired) electrons. The van der Waals surface area contributed by atoms with Gasteiger partial charge < -0.3 is 9.88 Å². The van der Waals surface area contributed by atoms with E-state index in [0.29, 0.717) is 18.0 Å². The average Bonchev–Trinajstić information content (AvgIpc) is 3.18. The van der Waals surface area contributed by atoms with E-state index < -0.39 is 10.0 Å². The third-order valence-electron chi connectivity index (χ3n) is 4.14. The van der Waals surface area contributed by atoms with Gasteiger partial charge in [-0.25, -0.2) is 13.4 Å². The molecule has 0 saturated carbocycles. The fourth-order valence-electron chi connectivity index (χ4n) is 2.69. The highest BCUT2D eigenvalue weighted by Gasteiger charge is 2.20. The quantitative estimate of drug-likeness (QED) is 0.694. The van der Waals surface area contributed by atoms with E-state index in [1.165, 1.54) is 4.31 Å². The van der Waals surface area contributed by atoms with E-state index in [4.69, 9.17) is 0 Å². The van der Waals surface area contributed by atoms with Gasteiger partial charge in [0.05, 0.1) is 4.90 Å². The molecule has 0 aliphatic carbocycles. The number of rotatable bonds is 7. The Morgan fingerprint density at radius 3 is 2.19 bits per heavy atom. The summed E-state index contributed by atoms with van der Waals surface area (Å²) in [4.78, 5) is 9.50. The molecule has 0 bridgehead atoms. The molecule has 6 nitrogen and oxygen atoms in total. The molecule has 0 aliphatic heterocycles. The maximum absolute atomic E-state index is 12.8. The smallest absolute Gasteiger partial charge is 0.243 e. The minimum atomic E-state index is -3.52. The van der Waals surface area contributed by atoms with Gasteiger partial charge in [0.2, 0.25) is 16.0 Å². The number of aromatic amines is 1. The number of imidazole rings is 1. The zero-order valence-corrected chi connectivity index (χ0v) is 15.6. The van der Waals surface area contributed by atoms with Crippen LogP contribution in [0.3, 0.4) is 0 Å². The van der Waals surface area contributed by atoms with Gasteiger partial charge in [0.25, 0.3) is 0 Å². The molecule has 1 N–H and O–H groups in total. The van der Waals surface area contributed by atoms with Gasteiger partial charge in [0.1, 0.15) is 0 Å². The summed E-state index contributed by atoms with van der Waals surface area (Å²) >= 11 is 0. The number of H-pyrrole nitrogens is 1. The molecular formula is C19H22N4O2S. The van der Waals surface area contributed by atoms with E-state index in [0.717, 1.165) is 17.1 Å². The second-order valence-corrected chi connectivity index (χ2v) is 8.20. The fourth-order valence-corrected chi connectivity index (χ4v) is 3.85. The van der Waals surface area contributed by atoms with E-state index in [1.807, 2.05) is 54.4 Å². The van der Waals surface area contributed by atoms with Crippen molar-refractivity contribution in [2.75, 3.05) is 19.0 Å². The SMILES string of the molecule is CN(Cc1ccc(S(=O)(=O)N(C)Cc2ccccc2)cc1)c1ncc[nH]1. The number of benzene rings is 2. The number of nitrogens with one attached hydrogen (secondary N) is 1. The van der Waals surface area contributed by atoms with Crippen LogP contribution in [0.15, 0.2) is 71.9 Å². The highest BCUT2D eigenvalue weighted by Crippen LogP contribution is 2.18. The Kier molecular flexibility index (Phi) is 5.39. The van der Waals surface area contributed by atoms with E-state index in [1.54, 1.807) is 31.6 Å². The summed E-state index contributed by atoms with van der Waals surface area (Å²) in [6.45, 7) is 0.972. The molecule has 0 unspecified atom stereocenters. The minimum Gasteiger partial charge on any atom is -0.341 e. The maximum Gasteiger partial charge on any atom is 0.243 e. The van der Waals surface area contributed by atoms with Crippen molar-refractivity contribution < 1.29 is 8.42 Å². The zero-order chi connectivity index (χ0) is 18.6. The number of hydrogen-bond acceptors (Lipinski definition) is 4. The normalized spacial score (nSPS) is 11.7. The molecule has 3 rings (SSSR count). The van der Waals surface area contributed by atoms with Crippen LogP contribution < -0.4 is 4.90 Å². The summed E-state index contributed by atoms with van der Waals surface area (Å²) in [5, 5.41) is 0. The molecule has 136 valence electrons. The lowest BCUT2D eigenvalue weighted by Gasteiger charge is -2.18. The monoisotopic (exact) mass is 370 g/mol. The lowest BCUT2D eigenvalue weighted by Crippen LogP contribution is -2.26. The zero-order valence-electron chi connectivity index (χ0n) is 14.8. The van der Waals surface area contributed by atoms with E-state index in [-0.39, 0.29) is 0 Å². The number of sulfonamides is 1.